The molecule has 0 aliphatic carbocycles. The van der Waals surface area contributed by atoms with Crippen molar-refractivity contribution in [2.24, 2.45) is 5.73 Å². The average Bonchev–Trinajstić information content (AvgIpc) is 3.31. The van der Waals surface area contributed by atoms with Crippen LogP contribution in [0.25, 0.3) is 0 Å². The molecule has 1 amide bonds. The largest absolute Gasteiger partial charge is 0.416 e. The lowest BCUT2D eigenvalue weighted by Gasteiger charge is -2.41. The molecule has 1 atom stereocenters. The predicted molar refractivity (Wildman–Crippen MR) is 134 cm³/mol. The molecule has 2 aromatic rings. The second-order valence-corrected chi connectivity index (χ2v) is 12.1. The fourth-order valence-corrected chi connectivity index (χ4v) is 6.16. The number of amides is 1. The van der Waals surface area contributed by atoms with Crippen molar-refractivity contribution in [3.8, 4) is 0 Å². The molecule has 1 aliphatic heterocycles. The summed E-state index contributed by atoms with van der Waals surface area (Å²) in [5.41, 5.74) is 4.16. The molecule has 1 saturated heterocycles. The molecule has 6 nitrogen and oxygen atoms in total. The number of sulfone groups is 1. The highest BCUT2D eigenvalue weighted by atomic mass is 35.5. The van der Waals surface area contributed by atoms with Gasteiger partial charge in [-0.2, -0.15) is 13.2 Å². The summed E-state index contributed by atoms with van der Waals surface area (Å²) < 4.78 is 67.2. The Morgan fingerprint density at radius 3 is 2.47 bits per heavy atom. The van der Waals surface area contributed by atoms with Crippen molar-refractivity contribution >= 4 is 27.3 Å². The molecule has 1 fully saturated rings. The topological polar surface area (TPSA) is 92.5 Å². The van der Waals surface area contributed by atoms with Gasteiger partial charge in [-0.15, -0.1) is 0 Å². The van der Waals surface area contributed by atoms with Crippen LogP contribution in [0.15, 0.2) is 41.3 Å². The molecule has 2 aromatic carbocycles. The van der Waals surface area contributed by atoms with E-state index < -0.39 is 33.0 Å². The van der Waals surface area contributed by atoms with Crippen molar-refractivity contribution in [3.63, 3.8) is 0 Å². The van der Waals surface area contributed by atoms with Crippen LogP contribution in [0.4, 0.5) is 13.2 Å². The minimum Gasteiger partial charge on any atom is -0.348 e. The highest BCUT2D eigenvalue weighted by Crippen LogP contribution is 2.42. The molecule has 1 heterocycles. The number of rotatable bonds is 8. The monoisotopic (exact) mass is 545 g/mol. The van der Waals surface area contributed by atoms with Gasteiger partial charge in [0.25, 0.3) is 5.91 Å². The maximum Gasteiger partial charge on any atom is 0.416 e. The third-order valence-electron chi connectivity index (χ3n) is 6.79. The number of hydrogen-bond donors (Lipinski definition) is 2. The standard InChI is InChI=1S/C25H31ClF3N3O3S/c1-4-36(34,35)22-10-8-18(26)12-17(22)15-31-23(33)16-7-9-20(21(13-16)25(27,28)29)24(2,3)32-11-5-6-19(32)14-30/h7-10,12-13,19H,4-6,11,14-15,30H2,1-3H3,(H,31,33). The minimum atomic E-state index is -4.68. The van der Waals surface area contributed by atoms with Crippen LogP contribution < -0.4 is 11.1 Å². The van der Waals surface area contributed by atoms with E-state index in [9.17, 15) is 26.4 Å². The normalized spacial score (nSPS) is 17.4. The third-order valence-corrected chi connectivity index (χ3v) is 8.85. The lowest BCUT2D eigenvalue weighted by molar-refractivity contribution is -0.139. The first-order valence-corrected chi connectivity index (χ1v) is 13.7. The zero-order valence-electron chi connectivity index (χ0n) is 20.5. The number of carbonyl (C=O) groups is 1. The summed E-state index contributed by atoms with van der Waals surface area (Å²) in [7, 11) is -3.59. The first kappa shape index (κ1) is 28.4. The number of carbonyl (C=O) groups excluding carboxylic acids is 1. The van der Waals surface area contributed by atoms with Gasteiger partial charge >= 0.3 is 6.18 Å². The number of nitrogens with zero attached hydrogens (tertiary/aromatic N) is 1. The minimum absolute atomic E-state index is 0.0165. The van der Waals surface area contributed by atoms with Crippen LogP contribution in [0.3, 0.4) is 0 Å². The van der Waals surface area contributed by atoms with Crippen LogP contribution in [-0.4, -0.2) is 44.1 Å². The van der Waals surface area contributed by atoms with Gasteiger partial charge in [-0.25, -0.2) is 8.42 Å². The van der Waals surface area contributed by atoms with Crippen LogP contribution >= 0.6 is 11.6 Å². The van der Waals surface area contributed by atoms with Crippen LogP contribution in [-0.2, 0) is 28.1 Å². The van der Waals surface area contributed by atoms with E-state index in [2.05, 4.69) is 5.32 Å². The number of halogens is 4. The fourth-order valence-electron chi connectivity index (χ4n) is 4.85. The Hall–Kier alpha value is -2.14. The maximum absolute atomic E-state index is 14.2. The Kier molecular flexibility index (Phi) is 8.44. The number of likely N-dealkylation sites (tertiary alicyclic amines) is 1. The fraction of sp³-hybridized carbons (Fsp3) is 0.480. The van der Waals surface area contributed by atoms with Gasteiger partial charge in [0, 0.05) is 35.3 Å². The Balaban J connectivity index is 1.92. The van der Waals surface area contributed by atoms with Crippen LogP contribution in [0.2, 0.25) is 5.02 Å². The number of alkyl halides is 3. The van der Waals surface area contributed by atoms with Gasteiger partial charge in [-0.05, 0) is 74.7 Å². The number of nitrogens with two attached hydrogens (primary N) is 1. The summed E-state index contributed by atoms with van der Waals surface area (Å²) in [5.74, 6) is -0.908. The first-order valence-electron chi connectivity index (χ1n) is 11.7. The second kappa shape index (κ2) is 10.7. The van der Waals surface area contributed by atoms with Crippen molar-refractivity contribution in [3.05, 3.63) is 63.7 Å². The summed E-state index contributed by atoms with van der Waals surface area (Å²) in [4.78, 5) is 14.8. The molecule has 1 aliphatic rings. The van der Waals surface area contributed by atoms with Crippen LogP contribution in [0.1, 0.15) is 60.7 Å². The molecule has 3 rings (SSSR count). The summed E-state index contributed by atoms with van der Waals surface area (Å²) in [5, 5.41) is 2.81. The van der Waals surface area contributed by atoms with Gasteiger partial charge in [0.05, 0.1) is 16.2 Å². The lowest BCUT2D eigenvalue weighted by Crippen LogP contribution is -2.48. The van der Waals surface area contributed by atoms with Gasteiger partial charge in [-0.1, -0.05) is 24.6 Å². The van der Waals surface area contributed by atoms with Crippen LogP contribution in [0, 0.1) is 0 Å². The van der Waals surface area contributed by atoms with E-state index >= 15 is 0 Å². The Labute approximate surface area is 214 Å². The molecule has 0 radical (unpaired) electrons. The quantitative estimate of drug-likeness (QED) is 0.500. The number of hydrogen-bond acceptors (Lipinski definition) is 5. The van der Waals surface area contributed by atoms with Gasteiger partial charge < -0.3 is 11.1 Å². The van der Waals surface area contributed by atoms with Gasteiger partial charge in [-0.3, -0.25) is 9.69 Å². The Morgan fingerprint density at radius 1 is 1.17 bits per heavy atom. The van der Waals surface area contributed by atoms with Crippen molar-refractivity contribution in [1.82, 2.24) is 10.2 Å². The molecule has 36 heavy (non-hydrogen) atoms. The Morgan fingerprint density at radius 2 is 1.86 bits per heavy atom. The second-order valence-electron chi connectivity index (χ2n) is 9.38. The van der Waals surface area contributed by atoms with Crippen molar-refractivity contribution in [1.29, 1.82) is 0 Å². The van der Waals surface area contributed by atoms with E-state index in [4.69, 9.17) is 17.3 Å². The van der Waals surface area contributed by atoms with Crippen molar-refractivity contribution < 1.29 is 26.4 Å². The van der Waals surface area contributed by atoms with Gasteiger partial charge in [0.15, 0.2) is 9.84 Å². The zero-order chi connectivity index (χ0) is 26.9. The molecular formula is C25H31ClF3N3O3S. The highest BCUT2D eigenvalue weighted by Gasteiger charge is 2.43. The molecule has 0 spiro atoms. The smallest absolute Gasteiger partial charge is 0.348 e. The third kappa shape index (κ3) is 5.88. The van der Waals surface area contributed by atoms with Crippen LogP contribution in [0.5, 0.6) is 0 Å². The lowest BCUT2D eigenvalue weighted by atomic mass is 9.86. The van der Waals surface area contributed by atoms with E-state index in [1.165, 1.54) is 37.3 Å². The molecule has 0 bridgehead atoms. The van der Waals surface area contributed by atoms with Crippen molar-refractivity contribution in [2.45, 2.75) is 62.8 Å². The Bertz CT molecular complexity index is 1230. The number of benzene rings is 2. The maximum atomic E-state index is 14.2. The molecule has 1 unspecified atom stereocenters. The summed E-state index contributed by atoms with van der Waals surface area (Å²) in [6, 6.07) is 7.74. The van der Waals surface area contributed by atoms with Crippen molar-refractivity contribution in [2.75, 3.05) is 18.8 Å². The molecule has 0 saturated carbocycles. The summed E-state index contributed by atoms with van der Waals surface area (Å²) in [6.45, 7) is 5.74. The molecule has 3 N–H and O–H groups in total. The molecule has 11 heteroatoms. The van der Waals surface area contributed by atoms with E-state index in [0.29, 0.717) is 13.1 Å². The average molecular weight is 546 g/mol. The van der Waals surface area contributed by atoms with E-state index in [1.807, 2.05) is 4.90 Å². The summed E-state index contributed by atoms with van der Waals surface area (Å²) >= 11 is 6.00. The van der Waals surface area contributed by atoms with E-state index in [1.54, 1.807) is 13.8 Å². The summed E-state index contributed by atoms with van der Waals surface area (Å²) in [6.07, 6.45) is -3.01. The number of nitrogens with one attached hydrogen (secondary N) is 1. The molecule has 198 valence electrons. The SMILES string of the molecule is CCS(=O)(=O)c1ccc(Cl)cc1CNC(=O)c1ccc(C(C)(C)N2CCCC2CN)c(C(F)(F)F)c1. The molecule has 0 aromatic heterocycles. The molecular weight excluding hydrogens is 515 g/mol. The first-order chi connectivity index (χ1) is 16.7. The predicted octanol–water partition coefficient (Wildman–Crippen LogP) is 4.74. The highest BCUT2D eigenvalue weighted by molar-refractivity contribution is 7.91. The zero-order valence-corrected chi connectivity index (χ0v) is 22.0. The van der Waals surface area contributed by atoms with Gasteiger partial charge in [0.2, 0.25) is 0 Å². The van der Waals surface area contributed by atoms with Gasteiger partial charge in [0.1, 0.15) is 0 Å². The van der Waals surface area contributed by atoms with E-state index in [-0.39, 0.29) is 44.9 Å². The van der Waals surface area contributed by atoms with E-state index in [0.717, 1.165) is 18.9 Å².